The number of hydrogen-bond acceptors (Lipinski definition) is 5. The number of nitrogens with one attached hydrogen (secondary N) is 1. The lowest BCUT2D eigenvalue weighted by Gasteiger charge is -2.14. The first-order valence-corrected chi connectivity index (χ1v) is 6.14. The van der Waals surface area contributed by atoms with Crippen LogP contribution in [0.1, 0.15) is 23.2 Å². The lowest BCUT2D eigenvalue weighted by atomic mass is 10.1. The molecule has 0 fully saturated rings. The number of esters is 1. The van der Waals surface area contributed by atoms with Gasteiger partial charge in [-0.2, -0.15) is 0 Å². The van der Waals surface area contributed by atoms with E-state index in [9.17, 15) is 18.8 Å². The number of halogens is 2. The predicted octanol–water partition coefficient (Wildman–Crippen LogP) is 1.01. The van der Waals surface area contributed by atoms with Crippen molar-refractivity contribution in [3.8, 4) is 0 Å². The summed E-state index contributed by atoms with van der Waals surface area (Å²) >= 11 is 5.64. The van der Waals surface area contributed by atoms with Gasteiger partial charge in [0.1, 0.15) is 17.0 Å². The molecule has 0 bridgehead atoms. The Labute approximate surface area is 124 Å². The van der Waals surface area contributed by atoms with Gasteiger partial charge in [0.05, 0.1) is 18.9 Å². The second-order valence-electron chi connectivity index (χ2n) is 3.97. The van der Waals surface area contributed by atoms with Crippen LogP contribution in [0.3, 0.4) is 0 Å². The fourth-order valence-corrected chi connectivity index (χ4v) is 1.63. The van der Waals surface area contributed by atoms with Crippen molar-refractivity contribution in [2.45, 2.75) is 18.9 Å². The molecule has 0 unspecified atom stereocenters. The van der Waals surface area contributed by atoms with E-state index < -0.39 is 29.7 Å². The highest BCUT2D eigenvalue weighted by molar-refractivity contribution is 6.32. The van der Waals surface area contributed by atoms with E-state index in [0.717, 1.165) is 19.4 Å². The van der Waals surface area contributed by atoms with Crippen LogP contribution in [-0.2, 0) is 14.3 Å². The summed E-state index contributed by atoms with van der Waals surface area (Å²) in [6.07, 6.45) is 0.460. The Kier molecular flexibility index (Phi) is 6.04. The Bertz CT molecular complexity index is 567. The lowest BCUT2D eigenvalue weighted by Crippen LogP contribution is -2.41. The van der Waals surface area contributed by atoms with Crippen molar-refractivity contribution >= 4 is 29.4 Å². The van der Waals surface area contributed by atoms with Gasteiger partial charge in [0.25, 0.3) is 5.91 Å². The van der Waals surface area contributed by atoms with Crippen molar-refractivity contribution in [1.82, 2.24) is 10.3 Å². The number of methoxy groups -OCH3 is 1. The van der Waals surface area contributed by atoms with Crippen molar-refractivity contribution in [3.63, 3.8) is 0 Å². The van der Waals surface area contributed by atoms with Crippen molar-refractivity contribution in [2.24, 2.45) is 0 Å². The Morgan fingerprint density at radius 2 is 2.19 bits per heavy atom. The molecule has 1 aromatic rings. The minimum Gasteiger partial charge on any atom is -0.480 e. The summed E-state index contributed by atoms with van der Waals surface area (Å²) in [6, 6.07) is -0.500. The molecule has 0 saturated carbocycles. The summed E-state index contributed by atoms with van der Waals surface area (Å²) in [5.41, 5.74) is -0.291. The van der Waals surface area contributed by atoms with Gasteiger partial charge in [-0.15, -0.1) is 0 Å². The molecule has 1 aromatic heterocycles. The van der Waals surface area contributed by atoms with Crippen LogP contribution in [0, 0.1) is 5.82 Å². The third kappa shape index (κ3) is 4.99. The summed E-state index contributed by atoms with van der Waals surface area (Å²) in [5.74, 6) is -3.64. The quantitative estimate of drug-likeness (QED) is 0.599. The van der Waals surface area contributed by atoms with Crippen molar-refractivity contribution < 1.29 is 28.6 Å². The van der Waals surface area contributed by atoms with Crippen molar-refractivity contribution in [1.29, 1.82) is 0 Å². The molecule has 0 aromatic carbocycles. The second-order valence-corrected chi connectivity index (χ2v) is 4.33. The number of pyridine rings is 1. The monoisotopic (exact) mass is 318 g/mol. The third-order valence-corrected chi connectivity index (χ3v) is 2.82. The number of carbonyl (C=O) groups is 3. The van der Waals surface area contributed by atoms with Crippen LogP contribution in [0.5, 0.6) is 0 Å². The fraction of sp³-hybridized carbons (Fsp3) is 0.333. The third-order valence-electron chi connectivity index (χ3n) is 2.52. The van der Waals surface area contributed by atoms with Crippen LogP contribution in [0.4, 0.5) is 4.39 Å². The summed E-state index contributed by atoms with van der Waals surface area (Å²) in [5, 5.41) is 10.9. The Morgan fingerprint density at radius 1 is 1.52 bits per heavy atom. The Balaban J connectivity index is 2.79. The number of aliphatic carboxylic acids is 1. The van der Waals surface area contributed by atoms with Crippen LogP contribution in [0.15, 0.2) is 12.3 Å². The highest BCUT2D eigenvalue weighted by atomic mass is 35.5. The molecule has 7 nitrogen and oxygen atoms in total. The smallest absolute Gasteiger partial charge is 0.326 e. The van der Waals surface area contributed by atoms with E-state index in [2.05, 4.69) is 15.0 Å². The highest BCUT2D eigenvalue weighted by Crippen LogP contribution is 2.14. The highest BCUT2D eigenvalue weighted by Gasteiger charge is 2.23. The summed E-state index contributed by atoms with van der Waals surface area (Å²) in [6.45, 7) is 0. The van der Waals surface area contributed by atoms with Gasteiger partial charge in [-0.1, -0.05) is 11.6 Å². The van der Waals surface area contributed by atoms with Crippen molar-refractivity contribution in [3.05, 3.63) is 28.8 Å². The number of carbonyl (C=O) groups excluding carboxylic acids is 2. The average molecular weight is 319 g/mol. The summed E-state index contributed by atoms with van der Waals surface area (Å²) in [4.78, 5) is 37.3. The predicted molar refractivity (Wildman–Crippen MR) is 69.3 cm³/mol. The fourth-order valence-electron chi connectivity index (χ4n) is 1.44. The molecule has 114 valence electrons. The zero-order chi connectivity index (χ0) is 16.0. The molecule has 0 aliphatic carbocycles. The number of aromatic nitrogens is 1. The van der Waals surface area contributed by atoms with Gasteiger partial charge in [-0.25, -0.2) is 14.2 Å². The Hall–Kier alpha value is -2.22. The number of carboxylic acid groups (broad SMARTS) is 1. The molecule has 1 amide bonds. The topological polar surface area (TPSA) is 106 Å². The largest absolute Gasteiger partial charge is 0.480 e. The molecule has 1 rings (SSSR count). The number of hydrogen-bond donors (Lipinski definition) is 2. The summed E-state index contributed by atoms with van der Waals surface area (Å²) in [7, 11) is 1.16. The second kappa shape index (κ2) is 7.53. The zero-order valence-electron chi connectivity index (χ0n) is 10.9. The lowest BCUT2D eigenvalue weighted by molar-refractivity contribution is -0.142. The number of rotatable bonds is 6. The molecule has 0 saturated heterocycles. The average Bonchev–Trinajstić information content (AvgIpc) is 2.44. The molecule has 0 aliphatic rings. The van der Waals surface area contributed by atoms with Gasteiger partial charge in [0.2, 0.25) is 0 Å². The molecular weight excluding hydrogens is 307 g/mol. The van der Waals surface area contributed by atoms with Gasteiger partial charge in [0.15, 0.2) is 0 Å². The van der Waals surface area contributed by atoms with Crippen LogP contribution in [-0.4, -0.2) is 41.1 Å². The Morgan fingerprint density at radius 3 is 2.76 bits per heavy atom. The van der Waals surface area contributed by atoms with E-state index in [1.54, 1.807) is 0 Å². The van der Waals surface area contributed by atoms with Crippen LogP contribution in [0.2, 0.25) is 5.15 Å². The molecule has 1 atom stereocenters. The summed E-state index contributed by atoms with van der Waals surface area (Å²) < 4.78 is 17.4. The number of amides is 1. The van der Waals surface area contributed by atoms with E-state index in [0.29, 0.717) is 0 Å². The van der Waals surface area contributed by atoms with Crippen LogP contribution in [0.25, 0.3) is 0 Å². The minimum atomic E-state index is -1.34. The minimum absolute atomic E-state index is 0.173. The van der Waals surface area contributed by atoms with Gasteiger partial charge in [0, 0.05) is 6.42 Å². The van der Waals surface area contributed by atoms with E-state index in [1.807, 2.05) is 0 Å². The van der Waals surface area contributed by atoms with Gasteiger partial charge < -0.3 is 15.2 Å². The van der Waals surface area contributed by atoms with E-state index in [-0.39, 0.29) is 23.6 Å². The first kappa shape index (κ1) is 16.8. The van der Waals surface area contributed by atoms with Gasteiger partial charge in [-0.3, -0.25) is 9.59 Å². The maximum atomic E-state index is 13.0. The molecule has 0 radical (unpaired) electrons. The number of carboxylic acids is 1. The maximum absolute atomic E-state index is 13.0. The first-order chi connectivity index (χ1) is 9.85. The zero-order valence-corrected chi connectivity index (χ0v) is 11.7. The molecule has 2 N–H and O–H groups in total. The molecular formula is C12H12ClFN2O5. The normalized spacial score (nSPS) is 11.6. The van der Waals surface area contributed by atoms with E-state index >= 15 is 0 Å². The molecule has 0 spiro atoms. The molecule has 1 heterocycles. The van der Waals surface area contributed by atoms with Crippen LogP contribution >= 0.6 is 11.6 Å². The molecule has 21 heavy (non-hydrogen) atoms. The SMILES string of the molecule is COC(=O)CC[C@H](NC(=O)c1cc(F)cnc1Cl)C(=O)O. The van der Waals surface area contributed by atoms with Gasteiger partial charge in [-0.05, 0) is 12.5 Å². The number of ether oxygens (including phenoxy) is 1. The molecule has 0 aliphatic heterocycles. The van der Waals surface area contributed by atoms with Crippen molar-refractivity contribution in [2.75, 3.05) is 7.11 Å². The van der Waals surface area contributed by atoms with E-state index in [4.69, 9.17) is 16.7 Å². The molecule has 9 heteroatoms. The number of nitrogens with zero attached hydrogens (tertiary/aromatic N) is 1. The maximum Gasteiger partial charge on any atom is 0.326 e. The van der Waals surface area contributed by atoms with Crippen LogP contribution < -0.4 is 5.32 Å². The van der Waals surface area contributed by atoms with Gasteiger partial charge >= 0.3 is 11.9 Å². The standard InChI is InChI=1S/C12H12ClFN2O5/c1-21-9(17)3-2-8(12(19)20)16-11(18)7-4-6(14)5-15-10(7)13/h4-5,8H,2-3H2,1H3,(H,16,18)(H,19,20)/t8-/m0/s1. The van der Waals surface area contributed by atoms with E-state index in [1.165, 1.54) is 0 Å². The first-order valence-electron chi connectivity index (χ1n) is 5.76.